The summed E-state index contributed by atoms with van der Waals surface area (Å²) >= 11 is 0. The van der Waals surface area contributed by atoms with Crippen molar-refractivity contribution in [1.82, 2.24) is 34.1 Å². The monoisotopic (exact) mass is 414 g/mol. The average molecular weight is 414 g/mol. The minimum atomic E-state index is -2.60. The van der Waals surface area contributed by atoms with Crippen molar-refractivity contribution in [2.45, 2.75) is 33.4 Å². The zero-order valence-electron chi connectivity index (χ0n) is 16.7. The molecule has 0 atom stereocenters. The highest BCUT2D eigenvalue weighted by atomic mass is 19.3. The van der Waals surface area contributed by atoms with Gasteiger partial charge in [-0.2, -0.15) is 10.2 Å². The Kier molecular flexibility index (Phi) is 4.80. The number of primary amides is 1. The van der Waals surface area contributed by atoms with Crippen LogP contribution >= 0.6 is 0 Å². The molecule has 30 heavy (non-hydrogen) atoms. The molecule has 156 valence electrons. The second kappa shape index (κ2) is 7.32. The van der Waals surface area contributed by atoms with Crippen molar-refractivity contribution in [1.29, 1.82) is 0 Å². The van der Waals surface area contributed by atoms with Gasteiger partial charge in [0.15, 0.2) is 5.82 Å². The summed E-state index contributed by atoms with van der Waals surface area (Å²) in [6.45, 7) is 3.81. The van der Waals surface area contributed by atoms with E-state index in [1.54, 1.807) is 28.8 Å². The number of nitrogens with two attached hydrogens (primary N) is 1. The highest BCUT2D eigenvalue weighted by molar-refractivity contribution is 5.99. The SMILES string of the molecule is CCn1nc(C)cc1-c1cn(CC(F)F)c(-c2nc(C(N)=O)cc3c2cnn3C)n1. The van der Waals surface area contributed by atoms with Crippen LogP contribution in [0.25, 0.3) is 33.8 Å². The summed E-state index contributed by atoms with van der Waals surface area (Å²) < 4.78 is 31.3. The summed E-state index contributed by atoms with van der Waals surface area (Å²) in [7, 11) is 1.70. The van der Waals surface area contributed by atoms with Gasteiger partial charge in [-0.1, -0.05) is 0 Å². The summed E-state index contributed by atoms with van der Waals surface area (Å²) in [5.74, 6) is -0.529. The van der Waals surface area contributed by atoms with E-state index >= 15 is 0 Å². The maximum atomic E-state index is 13.3. The number of hydrogen-bond acceptors (Lipinski definition) is 5. The predicted molar refractivity (Wildman–Crippen MR) is 106 cm³/mol. The van der Waals surface area contributed by atoms with E-state index in [9.17, 15) is 13.6 Å². The highest BCUT2D eigenvalue weighted by Crippen LogP contribution is 2.30. The van der Waals surface area contributed by atoms with Crippen molar-refractivity contribution in [2.24, 2.45) is 12.8 Å². The number of alkyl halides is 2. The number of nitrogens with zero attached hydrogens (tertiary/aromatic N) is 7. The van der Waals surface area contributed by atoms with Crippen LogP contribution in [0.1, 0.15) is 23.1 Å². The molecule has 0 unspecified atom stereocenters. The summed E-state index contributed by atoms with van der Waals surface area (Å²) in [5, 5.41) is 9.17. The molecule has 4 aromatic heterocycles. The Hall–Kier alpha value is -3.63. The standard InChI is InChI=1S/C19H20F2N8O/c1-4-29-15(5-10(2)26-29)13-8-28(9-16(20)21)19(25-13)17-11-7-23-27(3)14(11)6-12(24-17)18(22)30/h5-8,16H,4,9H2,1-3H3,(H2,22,30). The van der Waals surface area contributed by atoms with Crippen LogP contribution < -0.4 is 5.73 Å². The van der Waals surface area contributed by atoms with Crippen LogP contribution in [0.5, 0.6) is 0 Å². The number of rotatable bonds is 6. The molecule has 0 aliphatic carbocycles. The lowest BCUT2D eigenvalue weighted by Crippen LogP contribution is -2.14. The van der Waals surface area contributed by atoms with Gasteiger partial charge in [-0.05, 0) is 26.0 Å². The Morgan fingerprint density at radius 2 is 2.03 bits per heavy atom. The van der Waals surface area contributed by atoms with Gasteiger partial charge in [-0.15, -0.1) is 0 Å². The molecule has 0 saturated carbocycles. The first-order chi connectivity index (χ1) is 14.3. The lowest BCUT2D eigenvalue weighted by Gasteiger charge is -2.08. The number of fused-ring (bicyclic) bond motifs is 1. The number of carbonyl (C=O) groups excluding carboxylic acids is 1. The molecule has 2 N–H and O–H groups in total. The molecule has 0 saturated heterocycles. The largest absolute Gasteiger partial charge is 0.364 e. The molecular weight excluding hydrogens is 394 g/mol. The van der Waals surface area contributed by atoms with Gasteiger partial charge < -0.3 is 10.3 Å². The zero-order valence-corrected chi connectivity index (χ0v) is 16.7. The molecule has 0 bridgehead atoms. The van der Waals surface area contributed by atoms with E-state index in [2.05, 4.69) is 20.2 Å². The normalized spacial score (nSPS) is 11.7. The first kappa shape index (κ1) is 19.7. The first-order valence-corrected chi connectivity index (χ1v) is 9.31. The quantitative estimate of drug-likeness (QED) is 0.521. The van der Waals surface area contributed by atoms with Gasteiger partial charge >= 0.3 is 0 Å². The third-order valence-electron chi connectivity index (χ3n) is 4.79. The van der Waals surface area contributed by atoms with E-state index in [0.29, 0.717) is 28.8 Å². The predicted octanol–water partition coefficient (Wildman–Crippen LogP) is 2.39. The molecule has 0 aliphatic heterocycles. The summed E-state index contributed by atoms with van der Waals surface area (Å²) in [4.78, 5) is 20.7. The Balaban J connectivity index is 1.98. The zero-order chi connectivity index (χ0) is 21.6. The van der Waals surface area contributed by atoms with Crippen molar-refractivity contribution in [3.05, 3.63) is 35.9 Å². The van der Waals surface area contributed by atoms with Gasteiger partial charge in [-0.3, -0.25) is 14.2 Å². The van der Waals surface area contributed by atoms with E-state index in [1.807, 2.05) is 19.9 Å². The van der Waals surface area contributed by atoms with Crippen molar-refractivity contribution >= 4 is 16.8 Å². The van der Waals surface area contributed by atoms with Gasteiger partial charge in [0.05, 0.1) is 29.6 Å². The van der Waals surface area contributed by atoms with Crippen molar-refractivity contribution in [3.8, 4) is 22.9 Å². The smallest absolute Gasteiger partial charge is 0.267 e. The van der Waals surface area contributed by atoms with Crippen LogP contribution in [0, 0.1) is 6.92 Å². The van der Waals surface area contributed by atoms with E-state index in [1.165, 1.54) is 10.6 Å². The van der Waals surface area contributed by atoms with Crippen molar-refractivity contribution < 1.29 is 13.6 Å². The van der Waals surface area contributed by atoms with Crippen molar-refractivity contribution in [3.63, 3.8) is 0 Å². The second-order valence-corrected chi connectivity index (χ2v) is 6.90. The first-order valence-electron chi connectivity index (χ1n) is 9.31. The molecule has 1 amide bonds. The molecule has 0 aromatic carbocycles. The number of amides is 1. The molecule has 0 aliphatic rings. The van der Waals surface area contributed by atoms with E-state index in [4.69, 9.17) is 5.73 Å². The summed E-state index contributed by atoms with van der Waals surface area (Å²) in [6, 6.07) is 3.36. The Bertz CT molecular complexity index is 1250. The Morgan fingerprint density at radius 1 is 1.27 bits per heavy atom. The lowest BCUT2D eigenvalue weighted by atomic mass is 10.2. The maximum absolute atomic E-state index is 13.3. The van der Waals surface area contributed by atoms with Crippen molar-refractivity contribution in [2.75, 3.05) is 0 Å². The van der Waals surface area contributed by atoms with Gasteiger partial charge in [0, 0.05) is 25.2 Å². The summed E-state index contributed by atoms with van der Waals surface area (Å²) in [6.07, 6.45) is 0.502. The number of carbonyl (C=O) groups is 1. The molecule has 9 nitrogen and oxygen atoms in total. The molecule has 4 aromatic rings. The molecule has 4 rings (SSSR count). The minimum absolute atomic E-state index is 0.00342. The molecule has 11 heteroatoms. The fraction of sp³-hybridized carbons (Fsp3) is 0.316. The fourth-order valence-electron chi connectivity index (χ4n) is 3.45. The van der Waals surface area contributed by atoms with E-state index < -0.39 is 18.9 Å². The van der Waals surface area contributed by atoms with Crippen LogP contribution in [-0.2, 0) is 20.1 Å². The molecule has 0 radical (unpaired) electrons. The van der Waals surface area contributed by atoms with Crippen LogP contribution in [0.2, 0.25) is 0 Å². The number of hydrogen-bond donors (Lipinski definition) is 1. The van der Waals surface area contributed by atoms with Crippen LogP contribution in [0.4, 0.5) is 8.78 Å². The second-order valence-electron chi connectivity index (χ2n) is 6.90. The minimum Gasteiger partial charge on any atom is -0.364 e. The summed E-state index contributed by atoms with van der Waals surface area (Å²) in [5.41, 5.74) is 8.28. The Morgan fingerprint density at radius 3 is 2.70 bits per heavy atom. The number of pyridine rings is 1. The topological polar surface area (TPSA) is 109 Å². The average Bonchev–Trinajstić information content (AvgIpc) is 3.37. The maximum Gasteiger partial charge on any atom is 0.267 e. The van der Waals surface area contributed by atoms with Gasteiger partial charge in [-0.25, -0.2) is 18.7 Å². The third-order valence-corrected chi connectivity index (χ3v) is 4.79. The highest BCUT2D eigenvalue weighted by Gasteiger charge is 2.22. The number of halogens is 2. The van der Waals surface area contributed by atoms with Crippen LogP contribution in [0.3, 0.4) is 0 Å². The lowest BCUT2D eigenvalue weighted by molar-refractivity contribution is 0.0995. The number of imidazole rings is 1. The van der Waals surface area contributed by atoms with E-state index in [-0.39, 0.29) is 17.2 Å². The molecule has 0 spiro atoms. The number of aryl methyl sites for hydroxylation is 3. The van der Waals surface area contributed by atoms with Crippen LogP contribution in [-0.4, -0.2) is 46.4 Å². The third kappa shape index (κ3) is 3.31. The van der Waals surface area contributed by atoms with Gasteiger partial charge in [0.1, 0.15) is 17.1 Å². The number of aromatic nitrogens is 7. The van der Waals surface area contributed by atoms with Crippen LogP contribution in [0.15, 0.2) is 24.5 Å². The van der Waals surface area contributed by atoms with Gasteiger partial charge in [0.2, 0.25) is 0 Å². The molecular formula is C19H20F2N8O. The molecule has 0 fully saturated rings. The molecule has 4 heterocycles. The Labute approximate surface area is 170 Å². The van der Waals surface area contributed by atoms with Gasteiger partial charge in [0.25, 0.3) is 12.3 Å². The van der Waals surface area contributed by atoms with E-state index in [0.717, 1.165) is 5.69 Å². The fourth-order valence-corrected chi connectivity index (χ4v) is 3.45.